The molecule has 0 aliphatic rings. The van der Waals surface area contributed by atoms with E-state index in [1.807, 2.05) is 19.1 Å². The molecule has 0 aliphatic carbocycles. The van der Waals surface area contributed by atoms with Crippen LogP contribution in [0.25, 0.3) is 0 Å². The lowest BCUT2D eigenvalue weighted by molar-refractivity contribution is 0.378. The van der Waals surface area contributed by atoms with Crippen molar-refractivity contribution in [2.75, 3.05) is 7.11 Å². The summed E-state index contributed by atoms with van der Waals surface area (Å²) in [5.74, 6) is 1.88. The van der Waals surface area contributed by atoms with Gasteiger partial charge in [-0.05, 0) is 12.1 Å². The van der Waals surface area contributed by atoms with E-state index in [1.165, 1.54) is 0 Å². The number of aryl methyl sites for hydroxylation is 1. The highest BCUT2D eigenvalue weighted by atomic mass is 35.5. The van der Waals surface area contributed by atoms with Gasteiger partial charge in [0.05, 0.1) is 7.11 Å². The summed E-state index contributed by atoms with van der Waals surface area (Å²) >= 11 is 12.1. The van der Waals surface area contributed by atoms with Crippen LogP contribution in [0, 0.1) is 0 Å². The molecule has 1 aromatic heterocycles. The third kappa shape index (κ3) is 3.08. The van der Waals surface area contributed by atoms with E-state index < -0.39 is 0 Å². The molecule has 1 aromatic carbocycles. The minimum Gasteiger partial charge on any atom is -0.493 e. The van der Waals surface area contributed by atoms with Crippen LogP contribution < -0.4 is 9.47 Å². The van der Waals surface area contributed by atoms with Gasteiger partial charge < -0.3 is 9.47 Å². The lowest BCUT2D eigenvalue weighted by atomic mass is 10.3. The van der Waals surface area contributed by atoms with E-state index in [-0.39, 0.29) is 16.1 Å². The number of ether oxygens (including phenoxy) is 2. The van der Waals surface area contributed by atoms with Crippen molar-refractivity contribution >= 4 is 23.2 Å². The molecule has 0 radical (unpaired) electrons. The standard InChI is InChI=1S/C13H12Cl2N2O2/c1-3-10-16-12(14)11(13(15)17-10)19-9-7-5-4-6-8(9)18-2/h4-7H,3H2,1-2H3. The predicted molar refractivity (Wildman–Crippen MR) is 74.5 cm³/mol. The van der Waals surface area contributed by atoms with E-state index in [1.54, 1.807) is 19.2 Å². The maximum Gasteiger partial charge on any atom is 0.202 e. The van der Waals surface area contributed by atoms with Gasteiger partial charge in [-0.2, -0.15) is 0 Å². The Morgan fingerprint density at radius 3 is 2.16 bits per heavy atom. The Labute approximate surface area is 121 Å². The summed E-state index contributed by atoms with van der Waals surface area (Å²) < 4.78 is 10.8. The first-order chi connectivity index (χ1) is 9.15. The van der Waals surface area contributed by atoms with Crippen molar-refractivity contribution in [1.82, 2.24) is 9.97 Å². The van der Waals surface area contributed by atoms with Crippen molar-refractivity contribution in [1.29, 1.82) is 0 Å². The molecule has 6 heteroatoms. The van der Waals surface area contributed by atoms with Gasteiger partial charge in [-0.1, -0.05) is 42.3 Å². The maximum atomic E-state index is 6.06. The molecule has 2 aromatic rings. The highest BCUT2D eigenvalue weighted by molar-refractivity contribution is 6.35. The molecule has 19 heavy (non-hydrogen) atoms. The molecule has 0 N–H and O–H groups in total. The summed E-state index contributed by atoms with van der Waals surface area (Å²) in [5, 5.41) is 0.366. The average Bonchev–Trinajstić information content (AvgIpc) is 2.43. The first kappa shape index (κ1) is 13.9. The molecule has 0 fully saturated rings. The molecular weight excluding hydrogens is 287 g/mol. The minimum absolute atomic E-state index is 0.183. The van der Waals surface area contributed by atoms with Crippen LogP contribution >= 0.6 is 23.2 Å². The van der Waals surface area contributed by atoms with Crippen LogP contribution in [0.2, 0.25) is 10.3 Å². The second-order valence-electron chi connectivity index (χ2n) is 3.66. The second-order valence-corrected chi connectivity index (χ2v) is 4.37. The molecular formula is C13H12Cl2N2O2. The third-order valence-electron chi connectivity index (χ3n) is 2.43. The van der Waals surface area contributed by atoms with Gasteiger partial charge in [0.15, 0.2) is 21.8 Å². The number of para-hydroxylation sites is 2. The second kappa shape index (κ2) is 6.08. The average molecular weight is 299 g/mol. The number of nitrogens with zero attached hydrogens (tertiary/aromatic N) is 2. The van der Waals surface area contributed by atoms with Crippen molar-refractivity contribution in [2.45, 2.75) is 13.3 Å². The number of hydrogen-bond donors (Lipinski definition) is 0. The number of methoxy groups -OCH3 is 1. The largest absolute Gasteiger partial charge is 0.493 e. The van der Waals surface area contributed by atoms with Gasteiger partial charge in [0, 0.05) is 6.42 Å². The summed E-state index contributed by atoms with van der Waals surface area (Å²) in [7, 11) is 1.56. The number of rotatable bonds is 4. The van der Waals surface area contributed by atoms with Crippen LogP contribution in [-0.4, -0.2) is 17.1 Å². The van der Waals surface area contributed by atoms with Crippen LogP contribution in [0.1, 0.15) is 12.7 Å². The molecule has 0 atom stereocenters. The fourth-order valence-electron chi connectivity index (χ4n) is 1.49. The summed E-state index contributed by atoms with van der Waals surface area (Å²) in [6, 6.07) is 7.18. The van der Waals surface area contributed by atoms with Crippen LogP contribution in [0.15, 0.2) is 24.3 Å². The minimum atomic E-state index is 0.183. The normalized spacial score (nSPS) is 10.3. The fraction of sp³-hybridized carbons (Fsp3) is 0.231. The first-order valence-corrected chi connectivity index (χ1v) is 6.44. The Balaban J connectivity index is 2.38. The molecule has 1 heterocycles. The van der Waals surface area contributed by atoms with Crippen molar-refractivity contribution in [3.05, 3.63) is 40.4 Å². The topological polar surface area (TPSA) is 44.2 Å². The maximum absolute atomic E-state index is 6.06. The third-order valence-corrected chi connectivity index (χ3v) is 2.94. The quantitative estimate of drug-likeness (QED) is 0.796. The van der Waals surface area contributed by atoms with Crippen molar-refractivity contribution in [3.63, 3.8) is 0 Å². The molecule has 0 saturated carbocycles. The summed E-state index contributed by atoms with van der Waals surface area (Å²) in [5.41, 5.74) is 0. The van der Waals surface area contributed by atoms with Crippen LogP contribution in [0.3, 0.4) is 0 Å². The monoisotopic (exact) mass is 298 g/mol. The molecule has 0 spiro atoms. The van der Waals surface area contributed by atoms with Crippen molar-refractivity contribution < 1.29 is 9.47 Å². The lowest BCUT2D eigenvalue weighted by Gasteiger charge is -2.12. The zero-order valence-corrected chi connectivity index (χ0v) is 12.0. The highest BCUT2D eigenvalue weighted by Gasteiger charge is 2.15. The van der Waals surface area contributed by atoms with Gasteiger partial charge in [-0.15, -0.1) is 0 Å². The van der Waals surface area contributed by atoms with E-state index >= 15 is 0 Å². The molecule has 0 bridgehead atoms. The Bertz CT molecular complexity index is 568. The van der Waals surface area contributed by atoms with Gasteiger partial charge in [0.1, 0.15) is 5.82 Å². The molecule has 100 valence electrons. The number of hydrogen-bond acceptors (Lipinski definition) is 4. The highest BCUT2D eigenvalue weighted by Crippen LogP contribution is 2.37. The molecule has 4 nitrogen and oxygen atoms in total. The summed E-state index contributed by atoms with van der Waals surface area (Å²) in [6.45, 7) is 1.92. The smallest absolute Gasteiger partial charge is 0.202 e. The predicted octanol–water partition coefficient (Wildman–Crippen LogP) is 4.15. The van der Waals surface area contributed by atoms with Crippen molar-refractivity contribution in [3.8, 4) is 17.2 Å². The Kier molecular flexibility index (Phi) is 4.45. The first-order valence-electron chi connectivity index (χ1n) is 5.68. The van der Waals surface area contributed by atoms with E-state index in [0.29, 0.717) is 23.7 Å². The van der Waals surface area contributed by atoms with Gasteiger partial charge in [0.25, 0.3) is 0 Å². The summed E-state index contributed by atoms with van der Waals surface area (Å²) in [4.78, 5) is 8.22. The zero-order chi connectivity index (χ0) is 13.8. The molecule has 2 rings (SSSR count). The van der Waals surface area contributed by atoms with Gasteiger partial charge in [-0.25, -0.2) is 9.97 Å². The molecule has 0 unspecified atom stereocenters. The number of benzene rings is 1. The van der Waals surface area contributed by atoms with Gasteiger partial charge >= 0.3 is 0 Å². The number of aromatic nitrogens is 2. The lowest BCUT2D eigenvalue weighted by Crippen LogP contribution is -1.98. The van der Waals surface area contributed by atoms with E-state index in [4.69, 9.17) is 32.7 Å². The molecule has 0 amide bonds. The zero-order valence-electron chi connectivity index (χ0n) is 10.5. The Hall–Kier alpha value is -1.52. The van der Waals surface area contributed by atoms with Crippen molar-refractivity contribution in [2.24, 2.45) is 0 Å². The van der Waals surface area contributed by atoms with Crippen LogP contribution in [-0.2, 0) is 6.42 Å². The van der Waals surface area contributed by atoms with E-state index in [2.05, 4.69) is 9.97 Å². The van der Waals surface area contributed by atoms with Crippen LogP contribution in [0.5, 0.6) is 17.2 Å². The summed E-state index contributed by atoms with van der Waals surface area (Å²) in [6.07, 6.45) is 0.647. The Morgan fingerprint density at radius 2 is 1.63 bits per heavy atom. The van der Waals surface area contributed by atoms with E-state index in [9.17, 15) is 0 Å². The van der Waals surface area contributed by atoms with Gasteiger partial charge in [0.2, 0.25) is 5.75 Å². The SMILES string of the molecule is CCc1nc(Cl)c(Oc2ccccc2OC)c(Cl)n1. The number of halogens is 2. The fourth-order valence-corrected chi connectivity index (χ4v) is 1.99. The molecule has 0 aliphatic heterocycles. The van der Waals surface area contributed by atoms with Gasteiger partial charge in [-0.3, -0.25) is 0 Å². The van der Waals surface area contributed by atoms with E-state index in [0.717, 1.165) is 0 Å². The molecule has 0 saturated heterocycles. The Morgan fingerprint density at radius 1 is 1.05 bits per heavy atom. The van der Waals surface area contributed by atoms with Crippen LogP contribution in [0.4, 0.5) is 0 Å².